The number of amides is 1. The van der Waals surface area contributed by atoms with E-state index >= 15 is 0 Å². The summed E-state index contributed by atoms with van der Waals surface area (Å²) in [5, 5.41) is 3.37. The number of halogens is 1. The Morgan fingerprint density at radius 2 is 1.30 bits per heavy atom. The quantitative estimate of drug-likeness (QED) is 0.290. The van der Waals surface area contributed by atoms with Crippen molar-refractivity contribution in [2.75, 3.05) is 5.32 Å². The topological polar surface area (TPSA) is 53.2 Å². The molecule has 6 heteroatoms. The van der Waals surface area contributed by atoms with E-state index in [2.05, 4.69) is 38.8 Å². The van der Waals surface area contributed by atoms with E-state index in [9.17, 15) is 4.79 Å². The van der Waals surface area contributed by atoms with E-state index in [1.165, 1.54) is 0 Å². The molecule has 0 unspecified atom stereocenters. The van der Waals surface area contributed by atoms with Gasteiger partial charge >= 0.3 is 0 Å². The van der Waals surface area contributed by atoms with Gasteiger partial charge in [0.25, 0.3) is 0 Å². The van der Waals surface area contributed by atoms with Gasteiger partial charge in [0.15, 0.2) is 5.11 Å². The standard InChI is InChI=1S/C21H18IN3OS/c22-17-11-13-18(14-12-17)23-21(27)25-24-20(26)19(15-7-3-1-4-8-15)16-9-5-2-6-10-16/h1-14,19H,(H,24,26)(H2,23,25,27). The molecule has 27 heavy (non-hydrogen) atoms. The molecule has 0 saturated carbocycles. The van der Waals surface area contributed by atoms with E-state index in [0.29, 0.717) is 5.11 Å². The Labute approximate surface area is 177 Å². The number of benzene rings is 3. The Bertz CT molecular complexity index is 862. The highest BCUT2D eigenvalue weighted by atomic mass is 127. The van der Waals surface area contributed by atoms with Gasteiger partial charge in [0, 0.05) is 9.26 Å². The first-order valence-corrected chi connectivity index (χ1v) is 9.84. The first-order chi connectivity index (χ1) is 13.1. The average molecular weight is 487 g/mol. The highest BCUT2D eigenvalue weighted by molar-refractivity contribution is 14.1. The Morgan fingerprint density at radius 1 is 0.778 bits per heavy atom. The van der Waals surface area contributed by atoms with E-state index in [1.807, 2.05) is 84.9 Å². The van der Waals surface area contributed by atoms with Gasteiger partial charge in [-0.25, -0.2) is 0 Å². The summed E-state index contributed by atoms with van der Waals surface area (Å²) in [6, 6.07) is 27.1. The normalized spacial score (nSPS) is 10.3. The Kier molecular flexibility index (Phi) is 6.78. The number of hydrogen-bond donors (Lipinski definition) is 3. The predicted molar refractivity (Wildman–Crippen MR) is 121 cm³/mol. The number of carbonyl (C=O) groups excluding carboxylic acids is 1. The predicted octanol–water partition coefficient (Wildman–Crippen LogP) is 4.44. The molecule has 3 aromatic rings. The molecule has 3 rings (SSSR count). The van der Waals surface area contributed by atoms with E-state index in [0.717, 1.165) is 20.4 Å². The van der Waals surface area contributed by atoms with Gasteiger partial charge < -0.3 is 5.32 Å². The summed E-state index contributed by atoms with van der Waals surface area (Å²) >= 11 is 7.51. The molecule has 3 aromatic carbocycles. The van der Waals surface area contributed by atoms with Crippen LogP contribution in [-0.4, -0.2) is 11.0 Å². The molecule has 0 aliphatic carbocycles. The van der Waals surface area contributed by atoms with Gasteiger partial charge in [-0.05, 0) is 70.2 Å². The third kappa shape index (κ3) is 5.51. The van der Waals surface area contributed by atoms with Crippen LogP contribution in [0.3, 0.4) is 0 Å². The van der Waals surface area contributed by atoms with Crippen LogP contribution in [0.1, 0.15) is 17.0 Å². The summed E-state index contributed by atoms with van der Waals surface area (Å²) in [4.78, 5) is 12.9. The Hall–Kier alpha value is -2.45. The highest BCUT2D eigenvalue weighted by Gasteiger charge is 2.22. The molecule has 3 N–H and O–H groups in total. The highest BCUT2D eigenvalue weighted by Crippen LogP contribution is 2.24. The lowest BCUT2D eigenvalue weighted by Crippen LogP contribution is -2.45. The molecule has 0 atom stereocenters. The smallest absolute Gasteiger partial charge is 0.250 e. The third-order valence-corrected chi connectivity index (χ3v) is 4.85. The number of anilines is 1. The van der Waals surface area contributed by atoms with Gasteiger partial charge in [0.1, 0.15) is 0 Å². The molecule has 0 fully saturated rings. The fraction of sp³-hybridized carbons (Fsp3) is 0.0476. The lowest BCUT2D eigenvalue weighted by molar-refractivity contribution is -0.122. The van der Waals surface area contributed by atoms with Crippen molar-refractivity contribution in [2.45, 2.75) is 5.92 Å². The van der Waals surface area contributed by atoms with Crippen molar-refractivity contribution in [1.29, 1.82) is 0 Å². The van der Waals surface area contributed by atoms with Gasteiger partial charge in [-0.3, -0.25) is 15.6 Å². The van der Waals surface area contributed by atoms with Gasteiger partial charge in [-0.1, -0.05) is 60.7 Å². The summed E-state index contributed by atoms with van der Waals surface area (Å²) in [5.41, 5.74) is 8.19. The first-order valence-electron chi connectivity index (χ1n) is 8.36. The van der Waals surface area contributed by atoms with Crippen LogP contribution in [0.15, 0.2) is 84.9 Å². The molecule has 0 aromatic heterocycles. The monoisotopic (exact) mass is 487 g/mol. The molecule has 0 aliphatic heterocycles. The summed E-state index contributed by atoms with van der Waals surface area (Å²) in [6.07, 6.45) is 0. The molecule has 0 spiro atoms. The van der Waals surface area contributed by atoms with Gasteiger partial charge in [-0.15, -0.1) is 0 Å². The van der Waals surface area contributed by atoms with Crippen LogP contribution >= 0.6 is 34.8 Å². The number of carbonyl (C=O) groups is 1. The SMILES string of the molecule is O=C(NNC(=S)Nc1ccc(I)cc1)C(c1ccccc1)c1ccccc1. The first kappa shape index (κ1) is 19.3. The summed E-state index contributed by atoms with van der Waals surface area (Å²) in [6.45, 7) is 0. The second-order valence-electron chi connectivity index (χ2n) is 5.83. The molecule has 0 bridgehead atoms. The lowest BCUT2D eigenvalue weighted by atomic mass is 9.91. The maximum atomic E-state index is 12.9. The van der Waals surface area contributed by atoms with Gasteiger partial charge in [0.2, 0.25) is 5.91 Å². The molecule has 0 aliphatic rings. The van der Waals surface area contributed by atoms with Gasteiger partial charge in [-0.2, -0.15) is 0 Å². The number of nitrogens with one attached hydrogen (secondary N) is 3. The van der Waals surface area contributed by atoms with Crippen molar-refractivity contribution in [3.8, 4) is 0 Å². The molecule has 0 radical (unpaired) electrons. The van der Waals surface area contributed by atoms with E-state index in [1.54, 1.807) is 0 Å². The summed E-state index contributed by atoms with van der Waals surface area (Å²) in [5.74, 6) is -0.611. The van der Waals surface area contributed by atoms with Crippen molar-refractivity contribution in [3.63, 3.8) is 0 Å². The summed E-state index contributed by atoms with van der Waals surface area (Å²) in [7, 11) is 0. The number of hydrogen-bond acceptors (Lipinski definition) is 2. The lowest BCUT2D eigenvalue weighted by Gasteiger charge is -2.19. The minimum atomic E-state index is -0.430. The van der Waals surface area contributed by atoms with Crippen molar-refractivity contribution in [1.82, 2.24) is 10.9 Å². The number of rotatable bonds is 4. The number of thiocarbonyl (C=S) groups is 1. The molecular formula is C21H18IN3OS. The van der Waals surface area contributed by atoms with Crippen LogP contribution < -0.4 is 16.2 Å². The molecule has 1 amide bonds. The van der Waals surface area contributed by atoms with E-state index in [4.69, 9.17) is 12.2 Å². The zero-order valence-electron chi connectivity index (χ0n) is 14.4. The third-order valence-electron chi connectivity index (χ3n) is 3.93. The van der Waals surface area contributed by atoms with Crippen LogP contribution in [-0.2, 0) is 4.79 Å². The molecular weight excluding hydrogens is 469 g/mol. The minimum absolute atomic E-state index is 0.181. The fourth-order valence-electron chi connectivity index (χ4n) is 2.67. The van der Waals surface area contributed by atoms with Crippen molar-refractivity contribution >= 4 is 51.5 Å². The van der Waals surface area contributed by atoms with Crippen LogP contribution in [0.2, 0.25) is 0 Å². The second-order valence-corrected chi connectivity index (χ2v) is 7.48. The second kappa shape index (κ2) is 9.48. The van der Waals surface area contributed by atoms with Crippen LogP contribution in [0, 0.1) is 3.57 Å². The van der Waals surface area contributed by atoms with Gasteiger partial charge in [0.05, 0.1) is 5.92 Å². The largest absolute Gasteiger partial charge is 0.331 e. The van der Waals surface area contributed by atoms with Crippen LogP contribution in [0.5, 0.6) is 0 Å². The van der Waals surface area contributed by atoms with Crippen molar-refractivity contribution in [3.05, 3.63) is 99.6 Å². The van der Waals surface area contributed by atoms with Crippen molar-refractivity contribution in [2.24, 2.45) is 0 Å². The van der Waals surface area contributed by atoms with E-state index < -0.39 is 5.92 Å². The molecule has 4 nitrogen and oxygen atoms in total. The van der Waals surface area contributed by atoms with Crippen molar-refractivity contribution < 1.29 is 4.79 Å². The zero-order valence-corrected chi connectivity index (χ0v) is 17.3. The maximum Gasteiger partial charge on any atom is 0.250 e. The summed E-state index contributed by atoms with van der Waals surface area (Å²) < 4.78 is 1.14. The molecule has 0 saturated heterocycles. The molecule has 136 valence electrons. The molecule has 0 heterocycles. The van der Waals surface area contributed by atoms with Crippen LogP contribution in [0.25, 0.3) is 0 Å². The minimum Gasteiger partial charge on any atom is -0.331 e. The maximum absolute atomic E-state index is 12.9. The van der Waals surface area contributed by atoms with E-state index in [-0.39, 0.29) is 5.91 Å². The fourth-order valence-corrected chi connectivity index (χ4v) is 3.20. The number of hydrazine groups is 1. The zero-order chi connectivity index (χ0) is 19.1. The Balaban J connectivity index is 1.68. The average Bonchev–Trinajstić information content (AvgIpc) is 2.70. The Morgan fingerprint density at radius 3 is 1.81 bits per heavy atom. The van der Waals surface area contributed by atoms with Crippen LogP contribution in [0.4, 0.5) is 5.69 Å².